The second-order valence-electron chi connectivity index (χ2n) is 6.69. The first-order chi connectivity index (χ1) is 9.31. The lowest BCUT2D eigenvalue weighted by Gasteiger charge is -2.34. The van der Waals surface area contributed by atoms with Crippen molar-refractivity contribution in [2.45, 2.75) is 64.6 Å². The van der Waals surface area contributed by atoms with Gasteiger partial charge in [-0.25, -0.2) is 9.18 Å². The van der Waals surface area contributed by atoms with E-state index in [9.17, 15) is 9.18 Å². The average molecular weight is 288 g/mol. The van der Waals surface area contributed by atoms with E-state index in [0.717, 1.165) is 25.8 Å². The number of carbonyl (C=O) groups excluding carboxylic acids is 1. The van der Waals surface area contributed by atoms with Gasteiger partial charge >= 0.3 is 6.09 Å². The minimum atomic E-state index is -0.808. The lowest BCUT2D eigenvalue weighted by molar-refractivity contribution is 0.0158. The Morgan fingerprint density at radius 2 is 2.15 bits per heavy atom. The van der Waals surface area contributed by atoms with Crippen LogP contribution in [-0.2, 0) is 4.74 Å². The third kappa shape index (κ3) is 6.55. The normalized spacial score (nSPS) is 21.6. The van der Waals surface area contributed by atoms with Crippen molar-refractivity contribution in [1.29, 1.82) is 0 Å². The molecule has 0 bridgehead atoms. The minimum Gasteiger partial charge on any atom is -0.444 e. The van der Waals surface area contributed by atoms with Crippen LogP contribution >= 0.6 is 0 Å². The standard InChI is InChI=1S/C15H29FN2O2/c1-15(2,3)20-14(19)18-10-4-5-12(11-18)6-7-13(16)8-9-17/h12-13H,4-11,17H2,1-3H3. The predicted molar refractivity (Wildman–Crippen MR) is 78.3 cm³/mol. The second kappa shape index (κ2) is 7.81. The fourth-order valence-corrected chi connectivity index (χ4v) is 2.53. The molecule has 0 aliphatic carbocycles. The van der Waals surface area contributed by atoms with E-state index in [-0.39, 0.29) is 6.09 Å². The summed E-state index contributed by atoms with van der Waals surface area (Å²) in [6, 6.07) is 0. The Bertz CT molecular complexity index is 305. The van der Waals surface area contributed by atoms with Crippen LogP contribution in [0.4, 0.5) is 9.18 Å². The molecule has 1 amide bonds. The zero-order valence-corrected chi connectivity index (χ0v) is 13.0. The van der Waals surface area contributed by atoms with Crippen LogP contribution in [0.5, 0.6) is 0 Å². The summed E-state index contributed by atoms with van der Waals surface area (Å²) in [5, 5.41) is 0. The summed E-state index contributed by atoms with van der Waals surface area (Å²) in [5.74, 6) is 0.382. The molecule has 0 spiro atoms. The molecule has 0 saturated carbocycles. The van der Waals surface area contributed by atoms with Gasteiger partial charge < -0.3 is 15.4 Å². The zero-order valence-electron chi connectivity index (χ0n) is 13.0. The molecule has 1 rings (SSSR count). The minimum absolute atomic E-state index is 0.249. The first-order valence-corrected chi connectivity index (χ1v) is 7.64. The Hall–Kier alpha value is -0.840. The molecule has 20 heavy (non-hydrogen) atoms. The van der Waals surface area contributed by atoms with Crippen molar-refractivity contribution in [2.75, 3.05) is 19.6 Å². The summed E-state index contributed by atoms with van der Waals surface area (Å²) >= 11 is 0. The van der Waals surface area contributed by atoms with Crippen molar-refractivity contribution in [3.8, 4) is 0 Å². The number of alkyl halides is 1. The molecule has 1 aliphatic heterocycles. The smallest absolute Gasteiger partial charge is 0.410 e. The van der Waals surface area contributed by atoms with Gasteiger partial charge in [0.2, 0.25) is 0 Å². The number of halogens is 1. The highest BCUT2D eigenvalue weighted by atomic mass is 19.1. The van der Waals surface area contributed by atoms with Crippen molar-refractivity contribution in [3.05, 3.63) is 0 Å². The topological polar surface area (TPSA) is 55.6 Å². The summed E-state index contributed by atoms with van der Waals surface area (Å²) in [6.45, 7) is 7.43. The fourth-order valence-electron chi connectivity index (χ4n) is 2.53. The third-order valence-electron chi connectivity index (χ3n) is 3.54. The number of likely N-dealkylation sites (tertiary alicyclic amines) is 1. The van der Waals surface area contributed by atoms with Gasteiger partial charge in [0, 0.05) is 13.1 Å². The Labute approximate surface area is 121 Å². The lowest BCUT2D eigenvalue weighted by atomic mass is 9.92. The number of piperidine rings is 1. The largest absolute Gasteiger partial charge is 0.444 e. The summed E-state index contributed by atoms with van der Waals surface area (Å²) in [7, 11) is 0. The number of nitrogens with two attached hydrogens (primary N) is 1. The van der Waals surface area contributed by atoms with E-state index < -0.39 is 11.8 Å². The predicted octanol–water partition coefficient (Wildman–Crippen LogP) is 3.10. The van der Waals surface area contributed by atoms with Crippen molar-refractivity contribution in [2.24, 2.45) is 11.7 Å². The van der Waals surface area contributed by atoms with E-state index in [1.54, 1.807) is 4.90 Å². The van der Waals surface area contributed by atoms with E-state index >= 15 is 0 Å². The van der Waals surface area contributed by atoms with Gasteiger partial charge in [-0.15, -0.1) is 0 Å². The number of nitrogens with zero attached hydrogens (tertiary/aromatic N) is 1. The van der Waals surface area contributed by atoms with Gasteiger partial charge in [-0.05, 0) is 65.3 Å². The highest BCUT2D eigenvalue weighted by Gasteiger charge is 2.27. The number of carbonyl (C=O) groups is 1. The molecule has 1 heterocycles. The van der Waals surface area contributed by atoms with E-state index in [1.165, 1.54) is 0 Å². The molecule has 5 heteroatoms. The molecule has 1 aliphatic rings. The summed E-state index contributed by atoms with van der Waals surface area (Å²) in [6.07, 6.45) is 2.78. The Morgan fingerprint density at radius 3 is 2.75 bits per heavy atom. The van der Waals surface area contributed by atoms with E-state index in [4.69, 9.17) is 10.5 Å². The SMILES string of the molecule is CC(C)(C)OC(=O)N1CCCC(CCC(F)CCN)C1. The lowest BCUT2D eigenvalue weighted by Crippen LogP contribution is -2.43. The van der Waals surface area contributed by atoms with Gasteiger partial charge in [-0.3, -0.25) is 0 Å². The Kier molecular flexibility index (Phi) is 6.72. The molecule has 118 valence electrons. The quantitative estimate of drug-likeness (QED) is 0.845. The van der Waals surface area contributed by atoms with Crippen LogP contribution in [0.3, 0.4) is 0 Å². The second-order valence-corrected chi connectivity index (χ2v) is 6.69. The molecule has 2 unspecified atom stereocenters. The van der Waals surface area contributed by atoms with E-state index in [2.05, 4.69) is 0 Å². The third-order valence-corrected chi connectivity index (χ3v) is 3.54. The first kappa shape index (κ1) is 17.2. The fraction of sp³-hybridized carbons (Fsp3) is 0.933. The highest BCUT2D eigenvalue weighted by Crippen LogP contribution is 2.24. The van der Waals surface area contributed by atoms with Gasteiger partial charge in [-0.2, -0.15) is 0 Å². The van der Waals surface area contributed by atoms with Crippen molar-refractivity contribution in [1.82, 2.24) is 4.90 Å². The van der Waals surface area contributed by atoms with Crippen molar-refractivity contribution in [3.63, 3.8) is 0 Å². The van der Waals surface area contributed by atoms with Crippen LogP contribution in [0.2, 0.25) is 0 Å². The molecule has 1 saturated heterocycles. The molecular weight excluding hydrogens is 259 g/mol. The summed E-state index contributed by atoms with van der Waals surface area (Å²) < 4.78 is 18.8. The molecule has 4 nitrogen and oxygen atoms in total. The number of amides is 1. The van der Waals surface area contributed by atoms with Gasteiger partial charge in [-0.1, -0.05) is 0 Å². The van der Waals surface area contributed by atoms with E-state index in [1.807, 2.05) is 20.8 Å². The van der Waals surface area contributed by atoms with Gasteiger partial charge in [0.1, 0.15) is 11.8 Å². The monoisotopic (exact) mass is 288 g/mol. The van der Waals surface area contributed by atoms with Gasteiger partial charge in [0.15, 0.2) is 0 Å². The molecule has 1 fully saturated rings. The zero-order chi connectivity index (χ0) is 15.2. The van der Waals surface area contributed by atoms with Crippen molar-refractivity contribution >= 4 is 6.09 Å². The van der Waals surface area contributed by atoms with Crippen molar-refractivity contribution < 1.29 is 13.9 Å². The molecule has 2 atom stereocenters. The molecule has 0 aromatic carbocycles. The number of hydrogen-bond donors (Lipinski definition) is 1. The van der Waals surface area contributed by atoms with Crippen LogP contribution < -0.4 is 5.73 Å². The molecule has 0 aromatic heterocycles. The van der Waals surface area contributed by atoms with Crippen LogP contribution in [0, 0.1) is 5.92 Å². The van der Waals surface area contributed by atoms with Gasteiger partial charge in [0.25, 0.3) is 0 Å². The Balaban J connectivity index is 2.36. The maximum Gasteiger partial charge on any atom is 0.410 e. The van der Waals surface area contributed by atoms with E-state index in [0.29, 0.717) is 31.8 Å². The average Bonchev–Trinajstić information content (AvgIpc) is 2.35. The van der Waals surface area contributed by atoms with Crippen LogP contribution in [0.15, 0.2) is 0 Å². The summed E-state index contributed by atoms with van der Waals surface area (Å²) in [5.41, 5.74) is 4.89. The summed E-state index contributed by atoms with van der Waals surface area (Å²) in [4.78, 5) is 13.8. The highest BCUT2D eigenvalue weighted by molar-refractivity contribution is 5.68. The van der Waals surface area contributed by atoms with Crippen LogP contribution in [-0.4, -0.2) is 42.4 Å². The molecule has 2 N–H and O–H groups in total. The maximum absolute atomic E-state index is 13.5. The van der Waals surface area contributed by atoms with Crippen LogP contribution in [0.1, 0.15) is 52.9 Å². The maximum atomic E-state index is 13.5. The van der Waals surface area contributed by atoms with Crippen LogP contribution in [0.25, 0.3) is 0 Å². The molecule has 0 aromatic rings. The first-order valence-electron chi connectivity index (χ1n) is 7.64. The number of hydrogen-bond acceptors (Lipinski definition) is 3. The van der Waals surface area contributed by atoms with Gasteiger partial charge in [0.05, 0.1) is 0 Å². The Morgan fingerprint density at radius 1 is 1.45 bits per heavy atom. The molecule has 0 radical (unpaired) electrons. The molecular formula is C15H29FN2O2. The number of rotatable bonds is 5. The number of ether oxygens (including phenoxy) is 1.